The molecule has 2 heterocycles. The normalized spacial score (nSPS) is 19.0. The first-order valence-corrected chi connectivity index (χ1v) is 9.96. The molecule has 31 heavy (non-hydrogen) atoms. The topological polar surface area (TPSA) is 96.5 Å². The summed E-state index contributed by atoms with van der Waals surface area (Å²) in [6.45, 7) is 0. The maximum atomic E-state index is 12.7. The van der Waals surface area contributed by atoms with E-state index in [0.717, 1.165) is 16.9 Å². The van der Waals surface area contributed by atoms with Crippen molar-refractivity contribution in [1.82, 2.24) is 10.6 Å². The Morgan fingerprint density at radius 3 is 2.48 bits per heavy atom. The molecule has 154 valence electrons. The number of para-hydroxylation sites is 1. The van der Waals surface area contributed by atoms with Gasteiger partial charge in [0.1, 0.15) is 11.9 Å². The molecule has 3 N–H and O–H groups in total. The van der Waals surface area contributed by atoms with Crippen molar-refractivity contribution in [2.24, 2.45) is 0 Å². The molecular weight excluding hydrogens is 394 g/mol. The Morgan fingerprint density at radius 2 is 1.65 bits per heavy atom. The van der Waals surface area contributed by atoms with Crippen LogP contribution in [0.3, 0.4) is 0 Å². The minimum Gasteiger partial charge on any atom is -0.485 e. The molecule has 0 bridgehead atoms. The number of fused-ring (bicyclic) bond motifs is 2. The quantitative estimate of drug-likeness (QED) is 0.567. The number of ether oxygens (including phenoxy) is 1. The molecule has 0 unspecified atom stereocenters. The van der Waals surface area contributed by atoms with Gasteiger partial charge in [0, 0.05) is 17.7 Å². The molecule has 5 rings (SSSR count). The Kier molecular flexibility index (Phi) is 4.63. The van der Waals surface area contributed by atoms with Gasteiger partial charge in [-0.05, 0) is 29.8 Å². The predicted octanol–water partition coefficient (Wildman–Crippen LogP) is 3.96. The number of rotatable bonds is 3. The van der Waals surface area contributed by atoms with Crippen LogP contribution < -0.4 is 20.7 Å². The van der Waals surface area contributed by atoms with Crippen LogP contribution in [0, 0.1) is 0 Å². The van der Waals surface area contributed by atoms with Gasteiger partial charge in [-0.25, -0.2) is 4.79 Å². The Hall–Kier alpha value is -4.13. The summed E-state index contributed by atoms with van der Waals surface area (Å²) in [5.41, 5.74) is 2.94. The van der Waals surface area contributed by atoms with Gasteiger partial charge in [-0.1, -0.05) is 48.5 Å². The van der Waals surface area contributed by atoms with Crippen molar-refractivity contribution in [3.05, 3.63) is 95.1 Å². The van der Waals surface area contributed by atoms with Gasteiger partial charge in [-0.2, -0.15) is 0 Å². The third-order valence-corrected chi connectivity index (χ3v) is 5.48. The zero-order valence-electron chi connectivity index (χ0n) is 16.4. The monoisotopic (exact) mass is 413 g/mol. The maximum absolute atomic E-state index is 12.7. The lowest BCUT2D eigenvalue weighted by Crippen LogP contribution is -2.36. The second kappa shape index (κ2) is 7.60. The number of nitrogens with one attached hydrogen (secondary N) is 3. The van der Waals surface area contributed by atoms with Gasteiger partial charge >= 0.3 is 6.03 Å². The molecule has 0 spiro atoms. The average molecular weight is 413 g/mol. The number of benzene rings is 3. The van der Waals surface area contributed by atoms with Crippen molar-refractivity contribution in [3.63, 3.8) is 0 Å². The summed E-state index contributed by atoms with van der Waals surface area (Å²) in [4.78, 5) is 36.3. The molecule has 7 nitrogen and oxygen atoms in total. The van der Waals surface area contributed by atoms with Crippen LogP contribution in [0.25, 0.3) is 0 Å². The Bertz CT molecular complexity index is 1190. The van der Waals surface area contributed by atoms with E-state index in [1.54, 1.807) is 6.07 Å². The van der Waals surface area contributed by atoms with E-state index < -0.39 is 17.8 Å². The molecular formula is C24H19N3O4. The molecule has 7 heteroatoms. The highest BCUT2D eigenvalue weighted by atomic mass is 16.5. The van der Waals surface area contributed by atoms with Crippen LogP contribution in [0.15, 0.2) is 72.8 Å². The molecule has 0 aliphatic carbocycles. The molecule has 3 aromatic rings. The zero-order valence-corrected chi connectivity index (χ0v) is 16.4. The van der Waals surface area contributed by atoms with E-state index >= 15 is 0 Å². The average Bonchev–Trinajstić information content (AvgIpc) is 3.07. The summed E-state index contributed by atoms with van der Waals surface area (Å²) in [5.74, 6) is -0.157. The fraction of sp³-hybridized carbons (Fsp3) is 0.125. The van der Waals surface area contributed by atoms with Crippen LogP contribution in [0.2, 0.25) is 0 Å². The van der Waals surface area contributed by atoms with E-state index in [2.05, 4.69) is 16.0 Å². The Balaban J connectivity index is 1.35. The number of urea groups is 1. The smallest absolute Gasteiger partial charge is 0.319 e. The summed E-state index contributed by atoms with van der Waals surface area (Å²) in [5, 5.41) is 8.01. The van der Waals surface area contributed by atoms with Crippen LogP contribution in [0.5, 0.6) is 5.75 Å². The fourth-order valence-electron chi connectivity index (χ4n) is 4.00. The van der Waals surface area contributed by atoms with Gasteiger partial charge in [0.2, 0.25) is 0 Å². The molecule has 2 aliphatic heterocycles. The minimum atomic E-state index is -0.465. The predicted molar refractivity (Wildman–Crippen MR) is 114 cm³/mol. The summed E-state index contributed by atoms with van der Waals surface area (Å²) >= 11 is 0. The third kappa shape index (κ3) is 3.61. The zero-order chi connectivity index (χ0) is 21.4. The van der Waals surface area contributed by atoms with Crippen LogP contribution in [-0.4, -0.2) is 17.8 Å². The van der Waals surface area contributed by atoms with Crippen molar-refractivity contribution >= 4 is 23.5 Å². The number of hydrogen-bond donors (Lipinski definition) is 3. The number of carbonyl (C=O) groups is 3. The Morgan fingerprint density at radius 1 is 0.903 bits per heavy atom. The lowest BCUT2D eigenvalue weighted by molar-refractivity contribution is 0.0879. The lowest BCUT2D eigenvalue weighted by atomic mass is 9.93. The van der Waals surface area contributed by atoms with E-state index in [-0.39, 0.29) is 17.7 Å². The third-order valence-electron chi connectivity index (χ3n) is 5.48. The fourth-order valence-corrected chi connectivity index (χ4v) is 4.00. The number of anilines is 1. The van der Waals surface area contributed by atoms with E-state index in [0.29, 0.717) is 17.7 Å². The van der Waals surface area contributed by atoms with Gasteiger partial charge in [0.05, 0.1) is 17.2 Å². The first-order valence-electron chi connectivity index (χ1n) is 9.96. The SMILES string of the molecule is O=C(Nc1ccc2c(c1)C(=O)NC2=O)N[C@@H]1C[C@@H](c2ccccc2)Oc2ccccc21. The van der Waals surface area contributed by atoms with E-state index in [9.17, 15) is 14.4 Å². The molecule has 0 fully saturated rings. The molecule has 0 saturated carbocycles. The summed E-state index contributed by atoms with van der Waals surface area (Å²) in [7, 11) is 0. The van der Waals surface area contributed by atoms with Crippen LogP contribution >= 0.6 is 0 Å². The van der Waals surface area contributed by atoms with Gasteiger partial charge in [0.15, 0.2) is 0 Å². The molecule has 0 aromatic heterocycles. The molecule has 3 aromatic carbocycles. The van der Waals surface area contributed by atoms with Crippen LogP contribution in [-0.2, 0) is 0 Å². The highest BCUT2D eigenvalue weighted by Gasteiger charge is 2.31. The molecule has 2 atom stereocenters. The standard InChI is InChI=1S/C24H19N3O4/c28-22-16-11-10-15(12-18(16)23(29)27-22)25-24(30)26-19-13-21(14-6-2-1-3-7-14)31-20-9-5-4-8-17(19)20/h1-12,19,21H,13H2,(H2,25,26,30)(H,27,28,29)/t19-,21+/m1/s1. The minimum absolute atomic E-state index is 0.184. The van der Waals surface area contributed by atoms with Gasteiger partial charge < -0.3 is 15.4 Å². The largest absolute Gasteiger partial charge is 0.485 e. The number of amides is 4. The maximum Gasteiger partial charge on any atom is 0.319 e. The lowest BCUT2D eigenvalue weighted by Gasteiger charge is -2.33. The number of imide groups is 1. The van der Waals surface area contributed by atoms with E-state index in [4.69, 9.17) is 4.74 Å². The van der Waals surface area contributed by atoms with Gasteiger partial charge in [-0.3, -0.25) is 14.9 Å². The van der Waals surface area contributed by atoms with Crippen molar-refractivity contribution in [3.8, 4) is 5.75 Å². The van der Waals surface area contributed by atoms with Crippen molar-refractivity contribution in [2.45, 2.75) is 18.6 Å². The molecule has 0 radical (unpaired) electrons. The number of hydrogen-bond acceptors (Lipinski definition) is 4. The van der Waals surface area contributed by atoms with E-state index in [1.807, 2.05) is 54.6 Å². The first kappa shape index (κ1) is 18.9. The second-order valence-electron chi connectivity index (χ2n) is 7.49. The van der Waals surface area contributed by atoms with Gasteiger partial charge in [0.25, 0.3) is 11.8 Å². The molecule has 0 saturated heterocycles. The van der Waals surface area contributed by atoms with Crippen LogP contribution in [0.1, 0.15) is 50.4 Å². The first-order chi connectivity index (χ1) is 15.1. The van der Waals surface area contributed by atoms with Crippen molar-refractivity contribution < 1.29 is 19.1 Å². The van der Waals surface area contributed by atoms with Crippen molar-refractivity contribution in [1.29, 1.82) is 0 Å². The highest BCUT2D eigenvalue weighted by molar-refractivity contribution is 6.22. The molecule has 2 aliphatic rings. The summed E-state index contributed by atoms with van der Waals surface area (Å²) in [6, 6.07) is 21.5. The summed E-state index contributed by atoms with van der Waals surface area (Å²) < 4.78 is 6.17. The number of carbonyl (C=O) groups excluding carboxylic acids is 3. The second-order valence-corrected chi connectivity index (χ2v) is 7.49. The highest BCUT2D eigenvalue weighted by Crippen LogP contribution is 2.40. The molecule has 4 amide bonds. The van der Waals surface area contributed by atoms with Crippen LogP contribution in [0.4, 0.5) is 10.5 Å². The Labute approximate surface area is 178 Å². The van der Waals surface area contributed by atoms with E-state index in [1.165, 1.54) is 12.1 Å². The summed E-state index contributed by atoms with van der Waals surface area (Å²) in [6.07, 6.45) is 0.395. The van der Waals surface area contributed by atoms with Gasteiger partial charge in [-0.15, -0.1) is 0 Å². The van der Waals surface area contributed by atoms with Crippen molar-refractivity contribution in [2.75, 3.05) is 5.32 Å².